The standard InChI is InChI=1S/C23H19Cl2N5O6/c1-27-20-19(21(31)28(2)23(27)32)29(12-14-5-6-15(24)11-16(14)25)22(26-20)36-17-7-4-13(8-9-30(33)34)10-18(17)35-3/h4-11H,12H2,1-3H3. The molecule has 0 radical (unpaired) electrons. The van der Waals surface area contributed by atoms with E-state index in [9.17, 15) is 19.7 Å². The molecule has 0 amide bonds. The van der Waals surface area contributed by atoms with Crippen LogP contribution >= 0.6 is 23.2 Å². The maximum absolute atomic E-state index is 13.1. The van der Waals surface area contributed by atoms with E-state index in [0.29, 0.717) is 21.2 Å². The molecule has 186 valence electrons. The van der Waals surface area contributed by atoms with Crippen LogP contribution in [0.25, 0.3) is 17.2 Å². The Morgan fingerprint density at radius 2 is 1.83 bits per heavy atom. The van der Waals surface area contributed by atoms with Gasteiger partial charge in [-0.3, -0.25) is 28.6 Å². The first-order valence-electron chi connectivity index (χ1n) is 10.4. The minimum absolute atomic E-state index is 0.00111. The minimum Gasteiger partial charge on any atom is -0.493 e. The van der Waals surface area contributed by atoms with E-state index in [0.717, 1.165) is 10.8 Å². The van der Waals surface area contributed by atoms with Gasteiger partial charge in [-0.1, -0.05) is 35.3 Å². The molecule has 0 aliphatic carbocycles. The van der Waals surface area contributed by atoms with Crippen molar-refractivity contribution in [2.24, 2.45) is 14.1 Å². The summed E-state index contributed by atoms with van der Waals surface area (Å²) in [5.74, 6) is 0.502. The number of fused-ring (bicyclic) bond motifs is 1. The van der Waals surface area contributed by atoms with E-state index >= 15 is 0 Å². The number of imidazole rings is 1. The molecule has 0 bridgehead atoms. The van der Waals surface area contributed by atoms with Gasteiger partial charge in [0.25, 0.3) is 5.56 Å². The summed E-state index contributed by atoms with van der Waals surface area (Å²) in [6.45, 7) is 0.0846. The van der Waals surface area contributed by atoms with Crippen LogP contribution in [-0.2, 0) is 20.6 Å². The second-order valence-corrected chi connectivity index (χ2v) is 8.55. The molecule has 2 heterocycles. The van der Waals surface area contributed by atoms with Crippen LogP contribution in [0.3, 0.4) is 0 Å². The quantitative estimate of drug-likeness (QED) is 0.262. The Balaban J connectivity index is 1.89. The summed E-state index contributed by atoms with van der Waals surface area (Å²) < 4.78 is 15.2. The Morgan fingerprint density at radius 1 is 1.08 bits per heavy atom. The molecule has 0 saturated carbocycles. The fourth-order valence-corrected chi connectivity index (χ4v) is 4.06. The third-order valence-electron chi connectivity index (χ3n) is 5.43. The van der Waals surface area contributed by atoms with E-state index in [1.54, 1.807) is 36.4 Å². The van der Waals surface area contributed by atoms with E-state index < -0.39 is 16.2 Å². The zero-order valence-electron chi connectivity index (χ0n) is 19.3. The van der Waals surface area contributed by atoms with Gasteiger partial charge < -0.3 is 9.47 Å². The van der Waals surface area contributed by atoms with Crippen molar-refractivity contribution < 1.29 is 14.4 Å². The number of methoxy groups -OCH3 is 1. The summed E-state index contributed by atoms with van der Waals surface area (Å²) in [4.78, 5) is 40.1. The summed E-state index contributed by atoms with van der Waals surface area (Å²) >= 11 is 12.4. The highest BCUT2D eigenvalue weighted by molar-refractivity contribution is 6.35. The lowest BCUT2D eigenvalue weighted by molar-refractivity contribution is -0.400. The second kappa shape index (κ2) is 9.88. The molecule has 4 aromatic rings. The van der Waals surface area contributed by atoms with Crippen molar-refractivity contribution in [1.82, 2.24) is 18.7 Å². The van der Waals surface area contributed by atoms with Crippen molar-refractivity contribution in [3.63, 3.8) is 0 Å². The van der Waals surface area contributed by atoms with E-state index in [-0.39, 0.29) is 35.2 Å². The van der Waals surface area contributed by atoms with Crippen LogP contribution in [0, 0.1) is 10.1 Å². The number of halogens is 2. The maximum atomic E-state index is 13.1. The van der Waals surface area contributed by atoms with Gasteiger partial charge >= 0.3 is 11.7 Å². The number of aryl methyl sites for hydroxylation is 1. The SMILES string of the molecule is COc1cc(C=C[N+](=O)[O-])ccc1Oc1nc2c(c(=O)n(C)c(=O)n2C)n1Cc1ccc(Cl)cc1Cl. The normalized spacial score (nSPS) is 11.4. The highest BCUT2D eigenvalue weighted by atomic mass is 35.5. The molecule has 13 heteroatoms. The topological polar surface area (TPSA) is 123 Å². The van der Waals surface area contributed by atoms with Crippen molar-refractivity contribution in [3.05, 3.63) is 94.7 Å². The number of hydrogen-bond donors (Lipinski definition) is 0. The molecule has 0 spiro atoms. The first kappa shape index (κ1) is 25.0. The largest absolute Gasteiger partial charge is 0.493 e. The molecule has 0 atom stereocenters. The van der Waals surface area contributed by atoms with Gasteiger partial charge in [-0.05, 0) is 35.4 Å². The molecule has 0 aliphatic heterocycles. The zero-order chi connectivity index (χ0) is 26.1. The smallest absolute Gasteiger partial charge is 0.332 e. The molecule has 2 aromatic heterocycles. The van der Waals surface area contributed by atoms with Crippen molar-refractivity contribution in [2.75, 3.05) is 7.11 Å². The average molecular weight is 532 g/mol. The monoisotopic (exact) mass is 531 g/mol. The van der Waals surface area contributed by atoms with Gasteiger partial charge in [0.15, 0.2) is 22.7 Å². The Morgan fingerprint density at radius 3 is 2.50 bits per heavy atom. The fraction of sp³-hybridized carbons (Fsp3) is 0.174. The van der Waals surface area contributed by atoms with Crippen LogP contribution in [-0.4, -0.2) is 30.7 Å². The minimum atomic E-state index is -0.577. The molecule has 0 unspecified atom stereocenters. The van der Waals surface area contributed by atoms with Crippen LogP contribution in [0.5, 0.6) is 17.5 Å². The first-order chi connectivity index (χ1) is 17.1. The van der Waals surface area contributed by atoms with Crippen molar-refractivity contribution in [2.45, 2.75) is 6.54 Å². The van der Waals surface area contributed by atoms with Gasteiger partial charge in [0.2, 0.25) is 6.20 Å². The van der Waals surface area contributed by atoms with Gasteiger partial charge in [0.1, 0.15) is 0 Å². The second-order valence-electron chi connectivity index (χ2n) is 7.71. The first-order valence-corrected chi connectivity index (χ1v) is 11.1. The van der Waals surface area contributed by atoms with E-state index in [1.165, 1.54) is 36.4 Å². The highest BCUT2D eigenvalue weighted by Crippen LogP contribution is 2.34. The number of rotatable bonds is 7. The molecule has 36 heavy (non-hydrogen) atoms. The summed E-state index contributed by atoms with van der Waals surface area (Å²) in [6, 6.07) is 9.64. The van der Waals surface area contributed by atoms with Gasteiger partial charge in [-0.25, -0.2) is 4.79 Å². The fourth-order valence-electron chi connectivity index (χ4n) is 3.59. The Labute approximate surface area is 213 Å². The Bertz CT molecular complexity index is 1650. The maximum Gasteiger partial charge on any atom is 0.332 e. The molecule has 0 fully saturated rings. The van der Waals surface area contributed by atoms with Gasteiger partial charge in [0, 0.05) is 30.2 Å². The lowest BCUT2D eigenvalue weighted by Crippen LogP contribution is -2.37. The van der Waals surface area contributed by atoms with Crippen LogP contribution in [0.15, 0.2) is 52.2 Å². The summed E-state index contributed by atoms with van der Waals surface area (Å²) in [5, 5.41) is 11.5. The van der Waals surface area contributed by atoms with E-state index in [2.05, 4.69) is 4.98 Å². The molecule has 0 N–H and O–H groups in total. The third kappa shape index (κ3) is 4.70. The molecule has 0 aliphatic rings. The van der Waals surface area contributed by atoms with E-state index in [1.807, 2.05) is 0 Å². The molecule has 2 aromatic carbocycles. The van der Waals surface area contributed by atoms with Crippen LogP contribution in [0.4, 0.5) is 0 Å². The number of nitro groups is 1. The Kier molecular flexibility index (Phi) is 6.86. The highest BCUT2D eigenvalue weighted by Gasteiger charge is 2.22. The number of hydrogen-bond acceptors (Lipinski definition) is 7. The van der Waals surface area contributed by atoms with Crippen molar-refractivity contribution in [1.29, 1.82) is 0 Å². The van der Waals surface area contributed by atoms with E-state index in [4.69, 9.17) is 32.7 Å². The molecule has 11 nitrogen and oxygen atoms in total. The summed E-state index contributed by atoms with van der Waals surface area (Å²) in [7, 11) is 4.29. The number of nitrogens with zero attached hydrogens (tertiary/aromatic N) is 5. The Hall–Kier alpha value is -4.09. The van der Waals surface area contributed by atoms with Crippen molar-refractivity contribution >= 4 is 40.4 Å². The number of benzene rings is 2. The average Bonchev–Trinajstić information content (AvgIpc) is 3.20. The summed E-state index contributed by atoms with van der Waals surface area (Å²) in [5.41, 5.74) is 0.278. The van der Waals surface area contributed by atoms with Gasteiger partial charge in [-0.15, -0.1) is 0 Å². The summed E-state index contributed by atoms with van der Waals surface area (Å²) in [6.07, 6.45) is 2.12. The molecule has 4 rings (SSSR count). The predicted molar refractivity (Wildman–Crippen MR) is 135 cm³/mol. The molecular formula is C23H19Cl2N5O6. The number of aromatic nitrogens is 4. The third-order valence-corrected chi connectivity index (χ3v) is 6.02. The van der Waals surface area contributed by atoms with Crippen LogP contribution < -0.4 is 20.7 Å². The molecular weight excluding hydrogens is 513 g/mol. The molecule has 0 saturated heterocycles. The van der Waals surface area contributed by atoms with Crippen molar-refractivity contribution in [3.8, 4) is 17.5 Å². The number of ether oxygens (including phenoxy) is 2. The van der Waals surface area contributed by atoms with Crippen LogP contribution in [0.2, 0.25) is 10.0 Å². The lowest BCUT2D eigenvalue weighted by Gasteiger charge is -2.13. The predicted octanol–water partition coefficient (Wildman–Crippen LogP) is 3.84. The lowest BCUT2D eigenvalue weighted by atomic mass is 10.2. The zero-order valence-corrected chi connectivity index (χ0v) is 20.8. The van der Waals surface area contributed by atoms with Gasteiger partial charge in [-0.2, -0.15) is 4.98 Å². The van der Waals surface area contributed by atoms with Gasteiger partial charge in [0.05, 0.1) is 18.6 Å². The van der Waals surface area contributed by atoms with Crippen LogP contribution in [0.1, 0.15) is 11.1 Å².